The van der Waals surface area contributed by atoms with Crippen LogP contribution in [0.4, 0.5) is 5.69 Å². The number of hydrogen-bond donors (Lipinski definition) is 3. The highest BCUT2D eigenvalue weighted by molar-refractivity contribution is 6.39. The molecule has 112 valence electrons. The van der Waals surface area contributed by atoms with E-state index in [4.69, 9.17) is 0 Å². The van der Waals surface area contributed by atoms with E-state index in [9.17, 15) is 9.59 Å². The highest BCUT2D eigenvalue weighted by Crippen LogP contribution is 2.16. The van der Waals surface area contributed by atoms with Gasteiger partial charge in [-0.2, -0.15) is 5.10 Å². The molecule has 0 bridgehead atoms. The summed E-state index contributed by atoms with van der Waals surface area (Å²) in [4.78, 5) is 25.4. The first kappa shape index (κ1) is 15.0. The van der Waals surface area contributed by atoms with Gasteiger partial charge in [0.15, 0.2) is 0 Å². The van der Waals surface area contributed by atoms with E-state index in [1.807, 2.05) is 25.1 Å². The first-order valence-electron chi connectivity index (χ1n) is 6.73. The molecule has 0 spiro atoms. The average molecular weight is 289 g/mol. The maximum Gasteiger partial charge on any atom is 0.313 e. The summed E-state index contributed by atoms with van der Waals surface area (Å²) in [6, 6.07) is 5.29. The summed E-state index contributed by atoms with van der Waals surface area (Å²) in [5, 5.41) is 12.8. The summed E-state index contributed by atoms with van der Waals surface area (Å²) >= 11 is 0. The van der Waals surface area contributed by atoms with E-state index in [-0.39, 0.29) is 0 Å². The molecule has 1 aromatic heterocycles. The Bertz CT molecular complexity index is 635. The number of hydrogen-bond acceptors (Lipinski definition) is 4. The van der Waals surface area contributed by atoms with Gasteiger partial charge >= 0.3 is 11.8 Å². The summed E-state index contributed by atoms with van der Waals surface area (Å²) in [7, 11) is 3.92. The Morgan fingerprint density at radius 3 is 2.86 bits per heavy atom. The Hall–Kier alpha value is -2.41. The van der Waals surface area contributed by atoms with Crippen LogP contribution in [0.1, 0.15) is 6.42 Å². The number of carbonyl (C=O) groups excluding carboxylic acids is 2. The molecule has 2 aromatic rings. The Morgan fingerprint density at radius 2 is 2.10 bits per heavy atom. The normalized spacial score (nSPS) is 10.8. The summed E-state index contributed by atoms with van der Waals surface area (Å²) < 4.78 is 0. The predicted molar refractivity (Wildman–Crippen MR) is 80.9 cm³/mol. The van der Waals surface area contributed by atoms with Crippen LogP contribution in [0, 0.1) is 0 Å². The number of benzene rings is 1. The molecule has 1 aromatic carbocycles. The van der Waals surface area contributed by atoms with Crippen LogP contribution in [0.15, 0.2) is 24.4 Å². The van der Waals surface area contributed by atoms with Gasteiger partial charge in [-0.05, 0) is 45.3 Å². The number of anilines is 1. The molecular weight excluding hydrogens is 270 g/mol. The highest BCUT2D eigenvalue weighted by atomic mass is 16.2. The Morgan fingerprint density at radius 1 is 1.29 bits per heavy atom. The zero-order valence-corrected chi connectivity index (χ0v) is 12.1. The lowest BCUT2D eigenvalue weighted by atomic mass is 10.2. The minimum absolute atomic E-state index is 0.476. The molecule has 0 aliphatic heterocycles. The van der Waals surface area contributed by atoms with Crippen LogP contribution in [-0.4, -0.2) is 54.1 Å². The minimum Gasteiger partial charge on any atom is -0.348 e. The fraction of sp³-hybridized carbons (Fsp3) is 0.357. The van der Waals surface area contributed by atoms with Crippen molar-refractivity contribution < 1.29 is 9.59 Å². The monoisotopic (exact) mass is 289 g/mol. The largest absolute Gasteiger partial charge is 0.348 e. The lowest BCUT2D eigenvalue weighted by Gasteiger charge is -2.10. The van der Waals surface area contributed by atoms with E-state index in [0.717, 1.165) is 23.9 Å². The van der Waals surface area contributed by atoms with Crippen molar-refractivity contribution >= 4 is 28.4 Å². The van der Waals surface area contributed by atoms with Crippen molar-refractivity contribution in [2.75, 3.05) is 32.5 Å². The van der Waals surface area contributed by atoms with Crippen molar-refractivity contribution in [2.24, 2.45) is 0 Å². The molecule has 2 amide bonds. The zero-order valence-electron chi connectivity index (χ0n) is 12.1. The van der Waals surface area contributed by atoms with Crippen molar-refractivity contribution in [1.29, 1.82) is 0 Å². The molecule has 0 fully saturated rings. The number of amides is 2. The second-order valence-electron chi connectivity index (χ2n) is 5.04. The average Bonchev–Trinajstić information content (AvgIpc) is 2.90. The molecule has 0 aliphatic rings. The van der Waals surface area contributed by atoms with E-state index < -0.39 is 11.8 Å². The quantitative estimate of drug-likeness (QED) is 0.554. The third-order valence-corrected chi connectivity index (χ3v) is 2.97. The van der Waals surface area contributed by atoms with Gasteiger partial charge in [0.1, 0.15) is 0 Å². The van der Waals surface area contributed by atoms with E-state index in [0.29, 0.717) is 12.2 Å². The molecule has 2 rings (SSSR count). The second kappa shape index (κ2) is 6.85. The van der Waals surface area contributed by atoms with Gasteiger partial charge in [0.05, 0.1) is 11.7 Å². The Balaban J connectivity index is 1.84. The highest BCUT2D eigenvalue weighted by Gasteiger charge is 2.13. The second-order valence-corrected chi connectivity index (χ2v) is 5.04. The van der Waals surface area contributed by atoms with Gasteiger partial charge in [0.2, 0.25) is 0 Å². The maximum absolute atomic E-state index is 11.8. The number of H-pyrrole nitrogens is 1. The molecule has 0 unspecified atom stereocenters. The molecule has 7 nitrogen and oxygen atoms in total. The number of fused-ring (bicyclic) bond motifs is 1. The van der Waals surface area contributed by atoms with Crippen molar-refractivity contribution in [3.63, 3.8) is 0 Å². The summed E-state index contributed by atoms with van der Waals surface area (Å²) in [6.07, 6.45) is 2.49. The standard InChI is InChI=1S/C14H19N5O2/c1-19(2)7-3-6-15-13(20)14(21)17-11-5-4-10-9-16-18-12(10)8-11/h4-5,8-9H,3,6-7H2,1-2H3,(H,15,20)(H,16,18)(H,17,21). The molecule has 21 heavy (non-hydrogen) atoms. The zero-order chi connectivity index (χ0) is 15.2. The molecule has 0 radical (unpaired) electrons. The van der Waals surface area contributed by atoms with E-state index in [1.165, 1.54) is 0 Å². The molecule has 0 atom stereocenters. The number of rotatable bonds is 5. The summed E-state index contributed by atoms with van der Waals surface area (Å²) in [5.74, 6) is -1.29. The van der Waals surface area contributed by atoms with Crippen LogP contribution in [0.3, 0.4) is 0 Å². The molecule has 7 heteroatoms. The van der Waals surface area contributed by atoms with E-state index in [1.54, 1.807) is 18.3 Å². The lowest BCUT2D eigenvalue weighted by molar-refractivity contribution is -0.136. The van der Waals surface area contributed by atoms with Gasteiger partial charge in [0, 0.05) is 17.6 Å². The number of nitrogens with zero attached hydrogens (tertiary/aromatic N) is 2. The minimum atomic E-state index is -0.668. The summed E-state index contributed by atoms with van der Waals surface area (Å²) in [6.45, 7) is 1.34. The van der Waals surface area contributed by atoms with E-state index in [2.05, 4.69) is 20.8 Å². The van der Waals surface area contributed by atoms with Gasteiger partial charge < -0.3 is 15.5 Å². The Labute approximate surface area is 122 Å². The van der Waals surface area contributed by atoms with Crippen LogP contribution < -0.4 is 10.6 Å². The first-order valence-corrected chi connectivity index (χ1v) is 6.73. The topological polar surface area (TPSA) is 90.1 Å². The number of aromatic nitrogens is 2. The first-order chi connectivity index (χ1) is 10.1. The molecule has 0 aliphatic carbocycles. The molecular formula is C14H19N5O2. The fourth-order valence-electron chi connectivity index (χ4n) is 1.88. The van der Waals surface area contributed by atoms with Crippen LogP contribution in [0.2, 0.25) is 0 Å². The van der Waals surface area contributed by atoms with Crippen LogP contribution in [-0.2, 0) is 9.59 Å². The number of aromatic amines is 1. The molecule has 0 saturated carbocycles. The third-order valence-electron chi connectivity index (χ3n) is 2.97. The van der Waals surface area contributed by atoms with Crippen LogP contribution in [0.5, 0.6) is 0 Å². The predicted octanol–water partition coefficient (Wildman–Crippen LogP) is 0.569. The van der Waals surface area contributed by atoms with Crippen LogP contribution >= 0.6 is 0 Å². The number of carbonyl (C=O) groups is 2. The van der Waals surface area contributed by atoms with Gasteiger partial charge in [-0.15, -0.1) is 0 Å². The smallest absolute Gasteiger partial charge is 0.313 e. The molecule has 1 heterocycles. The lowest BCUT2D eigenvalue weighted by Crippen LogP contribution is -2.36. The van der Waals surface area contributed by atoms with Gasteiger partial charge in [-0.3, -0.25) is 14.7 Å². The molecule has 0 saturated heterocycles. The van der Waals surface area contributed by atoms with Crippen molar-refractivity contribution in [3.8, 4) is 0 Å². The van der Waals surface area contributed by atoms with Crippen molar-refractivity contribution in [2.45, 2.75) is 6.42 Å². The van der Waals surface area contributed by atoms with Gasteiger partial charge in [-0.1, -0.05) is 0 Å². The van der Waals surface area contributed by atoms with E-state index >= 15 is 0 Å². The van der Waals surface area contributed by atoms with Gasteiger partial charge in [0.25, 0.3) is 0 Å². The van der Waals surface area contributed by atoms with Crippen molar-refractivity contribution in [1.82, 2.24) is 20.4 Å². The summed E-state index contributed by atoms with van der Waals surface area (Å²) in [5.41, 5.74) is 1.36. The SMILES string of the molecule is CN(C)CCCNC(=O)C(=O)Nc1ccc2cn[nH]c2c1. The Kier molecular flexibility index (Phi) is 4.89. The third kappa shape index (κ3) is 4.28. The van der Waals surface area contributed by atoms with Crippen LogP contribution in [0.25, 0.3) is 10.9 Å². The molecule has 3 N–H and O–H groups in total. The fourth-order valence-corrected chi connectivity index (χ4v) is 1.88. The van der Waals surface area contributed by atoms with Gasteiger partial charge in [-0.25, -0.2) is 0 Å². The number of nitrogens with one attached hydrogen (secondary N) is 3. The maximum atomic E-state index is 11.8. The van der Waals surface area contributed by atoms with Crippen molar-refractivity contribution in [3.05, 3.63) is 24.4 Å².